The molecule has 0 aliphatic carbocycles. The van der Waals surface area contributed by atoms with Crippen LogP contribution in [0.1, 0.15) is 6.42 Å². The maximum Gasteiger partial charge on any atom is 0.195 e. The third kappa shape index (κ3) is 5.99. The highest BCUT2D eigenvalue weighted by atomic mass is 35.5. The van der Waals surface area contributed by atoms with Crippen LogP contribution in [-0.4, -0.2) is 35.9 Å². The molecule has 0 amide bonds. The topological polar surface area (TPSA) is 139 Å². The Morgan fingerprint density at radius 2 is 1.79 bits per heavy atom. The molecule has 0 heterocycles. The molecule has 0 aliphatic heterocycles. The molecule has 0 fully saturated rings. The summed E-state index contributed by atoms with van der Waals surface area (Å²) in [5.74, 6) is -0.516. The van der Waals surface area contributed by atoms with Crippen molar-refractivity contribution in [2.75, 3.05) is 13.1 Å². The molecule has 14 heavy (non-hydrogen) atoms. The molecule has 0 radical (unpaired) electrons. The van der Waals surface area contributed by atoms with Crippen LogP contribution in [0.3, 0.4) is 0 Å². The summed E-state index contributed by atoms with van der Waals surface area (Å²) >= 11 is 0. The lowest BCUT2D eigenvalue weighted by Crippen LogP contribution is -2.45. The molecule has 7 nitrogen and oxygen atoms in total. The lowest BCUT2D eigenvalue weighted by atomic mass is 10.4. The highest BCUT2D eigenvalue weighted by Crippen LogP contribution is 1.89. The Kier molecular flexibility index (Phi) is 8.55. The van der Waals surface area contributed by atoms with Crippen molar-refractivity contribution < 1.29 is 0 Å². The zero-order valence-electron chi connectivity index (χ0n) is 7.58. The second-order valence-corrected chi connectivity index (χ2v) is 2.27. The number of nitrogens with zero attached hydrogens (tertiary/aromatic N) is 2. The zero-order valence-corrected chi connectivity index (χ0v) is 8.40. The molecule has 0 rings (SSSR count). The molecule has 0 saturated carbocycles. The number of guanidine groups is 2. The fourth-order valence-electron chi connectivity index (χ4n) is 0.734. The quantitative estimate of drug-likeness (QED) is 0.251. The van der Waals surface area contributed by atoms with Crippen LogP contribution in [0.2, 0.25) is 0 Å². The minimum Gasteiger partial charge on any atom is -0.370 e. The SMILES string of the molecule is Cl.N=C=NCCCN(C(=N)N)C(=N)N. The highest BCUT2D eigenvalue weighted by Gasteiger charge is 2.07. The largest absolute Gasteiger partial charge is 0.370 e. The van der Waals surface area contributed by atoms with Gasteiger partial charge in [0, 0.05) is 6.54 Å². The fourth-order valence-corrected chi connectivity index (χ4v) is 0.734. The Labute approximate surface area is 88.1 Å². The average molecular weight is 220 g/mol. The van der Waals surface area contributed by atoms with Crippen LogP contribution in [0, 0.1) is 16.2 Å². The van der Waals surface area contributed by atoms with Crippen LogP contribution >= 0.6 is 12.4 Å². The zero-order chi connectivity index (χ0) is 10.3. The first kappa shape index (κ1) is 14.9. The van der Waals surface area contributed by atoms with Gasteiger partial charge in [-0.1, -0.05) is 0 Å². The molecule has 0 aliphatic rings. The minimum absolute atomic E-state index is 0. The van der Waals surface area contributed by atoms with Gasteiger partial charge in [0.05, 0.1) is 12.6 Å². The highest BCUT2D eigenvalue weighted by molar-refractivity contribution is 5.94. The van der Waals surface area contributed by atoms with E-state index in [2.05, 4.69) is 4.99 Å². The van der Waals surface area contributed by atoms with Gasteiger partial charge in [-0.15, -0.1) is 12.4 Å². The molecule has 0 atom stereocenters. The molecule has 8 heteroatoms. The third-order valence-corrected chi connectivity index (χ3v) is 1.31. The second kappa shape index (κ2) is 8.03. The minimum atomic E-state index is -0.258. The number of nitrogens with two attached hydrogens (primary N) is 2. The van der Waals surface area contributed by atoms with Gasteiger partial charge in [-0.3, -0.25) is 15.7 Å². The number of nitrogens with one attached hydrogen (secondary N) is 3. The molecule has 0 aromatic heterocycles. The van der Waals surface area contributed by atoms with Gasteiger partial charge >= 0.3 is 0 Å². The van der Waals surface area contributed by atoms with E-state index in [1.807, 2.05) is 6.01 Å². The van der Waals surface area contributed by atoms with Gasteiger partial charge in [0.2, 0.25) is 0 Å². The van der Waals surface area contributed by atoms with Crippen LogP contribution in [0.15, 0.2) is 4.99 Å². The summed E-state index contributed by atoms with van der Waals surface area (Å²) < 4.78 is 0. The molecule has 0 spiro atoms. The number of hydrogen-bond acceptors (Lipinski definition) is 4. The summed E-state index contributed by atoms with van der Waals surface area (Å²) in [6.45, 7) is 0.774. The molecule has 0 unspecified atom stereocenters. The van der Waals surface area contributed by atoms with E-state index in [0.717, 1.165) is 4.90 Å². The van der Waals surface area contributed by atoms with E-state index in [1.54, 1.807) is 0 Å². The van der Waals surface area contributed by atoms with E-state index in [4.69, 9.17) is 27.7 Å². The van der Waals surface area contributed by atoms with E-state index < -0.39 is 0 Å². The van der Waals surface area contributed by atoms with E-state index in [1.165, 1.54) is 0 Å². The molecule has 80 valence electrons. The summed E-state index contributed by atoms with van der Waals surface area (Å²) in [4.78, 5) is 4.68. The summed E-state index contributed by atoms with van der Waals surface area (Å²) in [6, 6.07) is 1.89. The van der Waals surface area contributed by atoms with Crippen molar-refractivity contribution >= 4 is 30.3 Å². The van der Waals surface area contributed by atoms with E-state index >= 15 is 0 Å². The van der Waals surface area contributed by atoms with Crippen molar-refractivity contribution in [2.45, 2.75) is 6.42 Å². The predicted molar refractivity (Wildman–Crippen MR) is 57.4 cm³/mol. The maximum absolute atomic E-state index is 7.06. The van der Waals surface area contributed by atoms with Crippen molar-refractivity contribution in [1.29, 1.82) is 16.2 Å². The van der Waals surface area contributed by atoms with Gasteiger partial charge in [0.25, 0.3) is 0 Å². The first-order valence-electron chi connectivity index (χ1n) is 3.63. The van der Waals surface area contributed by atoms with Crippen LogP contribution < -0.4 is 11.5 Å². The first-order chi connectivity index (χ1) is 6.09. The molecular formula is C6H14ClN7. The Bertz CT molecular complexity index is 231. The van der Waals surface area contributed by atoms with E-state index in [9.17, 15) is 0 Å². The summed E-state index contributed by atoms with van der Waals surface area (Å²) in [6.07, 6.45) is 0.574. The summed E-state index contributed by atoms with van der Waals surface area (Å²) in [5.41, 5.74) is 10.3. The monoisotopic (exact) mass is 219 g/mol. The molecular weight excluding hydrogens is 206 g/mol. The molecule has 7 N–H and O–H groups in total. The van der Waals surface area contributed by atoms with Gasteiger partial charge in [0.1, 0.15) is 0 Å². The van der Waals surface area contributed by atoms with Crippen LogP contribution in [0.5, 0.6) is 0 Å². The van der Waals surface area contributed by atoms with E-state index in [-0.39, 0.29) is 24.3 Å². The Morgan fingerprint density at radius 3 is 2.14 bits per heavy atom. The molecule has 0 bridgehead atoms. The third-order valence-electron chi connectivity index (χ3n) is 1.31. The Hall–Kier alpha value is -1.59. The van der Waals surface area contributed by atoms with Crippen molar-refractivity contribution in [2.24, 2.45) is 16.5 Å². The lowest BCUT2D eigenvalue weighted by Gasteiger charge is -2.19. The fraction of sp³-hybridized carbons (Fsp3) is 0.500. The standard InChI is InChI=1S/C6H13N7.ClH/c7-4-12-2-1-3-13(5(8)9)6(10)11;/h7H,1-3H2,(H3,8,9)(H3,10,11);1H. The van der Waals surface area contributed by atoms with Crippen LogP contribution in [0.25, 0.3) is 0 Å². The van der Waals surface area contributed by atoms with Crippen molar-refractivity contribution in [3.05, 3.63) is 0 Å². The van der Waals surface area contributed by atoms with Crippen molar-refractivity contribution in [3.63, 3.8) is 0 Å². The van der Waals surface area contributed by atoms with Gasteiger partial charge < -0.3 is 11.5 Å². The molecule has 0 aromatic rings. The predicted octanol–water partition coefficient (Wildman–Crippen LogP) is -0.360. The molecule has 0 saturated heterocycles. The first-order valence-corrected chi connectivity index (χ1v) is 3.63. The van der Waals surface area contributed by atoms with Crippen molar-refractivity contribution in [1.82, 2.24) is 4.90 Å². The summed E-state index contributed by atoms with van der Waals surface area (Å²) in [5, 5.41) is 20.6. The van der Waals surface area contributed by atoms with Gasteiger partial charge in [0.15, 0.2) is 11.9 Å². The lowest BCUT2D eigenvalue weighted by molar-refractivity contribution is 0.562. The Morgan fingerprint density at radius 1 is 1.29 bits per heavy atom. The van der Waals surface area contributed by atoms with Crippen LogP contribution in [0.4, 0.5) is 0 Å². The number of aliphatic imine (C=N–C) groups is 1. The van der Waals surface area contributed by atoms with Crippen LogP contribution in [-0.2, 0) is 0 Å². The summed E-state index contributed by atoms with van der Waals surface area (Å²) in [7, 11) is 0. The number of halogens is 1. The van der Waals surface area contributed by atoms with Gasteiger partial charge in [-0.2, -0.15) is 0 Å². The van der Waals surface area contributed by atoms with Crippen molar-refractivity contribution in [3.8, 4) is 0 Å². The van der Waals surface area contributed by atoms with E-state index in [0.29, 0.717) is 19.5 Å². The molecule has 0 aromatic carbocycles. The smallest absolute Gasteiger partial charge is 0.195 e. The Balaban J connectivity index is 0. The normalized spacial score (nSPS) is 8.00. The number of rotatable bonds is 4. The second-order valence-electron chi connectivity index (χ2n) is 2.27. The number of hydrogen-bond donors (Lipinski definition) is 5. The average Bonchev–Trinajstić information content (AvgIpc) is 2.02. The van der Waals surface area contributed by atoms with Gasteiger partial charge in [-0.05, 0) is 6.42 Å². The van der Waals surface area contributed by atoms with Gasteiger partial charge in [-0.25, -0.2) is 10.4 Å². The maximum atomic E-state index is 7.06.